The van der Waals surface area contributed by atoms with Gasteiger partial charge in [0.2, 0.25) is 0 Å². The lowest BCUT2D eigenvalue weighted by Crippen LogP contribution is -2.00. The van der Waals surface area contributed by atoms with Crippen molar-refractivity contribution in [2.45, 2.75) is 6.42 Å². The van der Waals surface area contributed by atoms with Crippen LogP contribution < -0.4 is 5.32 Å². The third kappa shape index (κ3) is 2.76. The number of nitro groups is 1. The van der Waals surface area contributed by atoms with Crippen LogP contribution in [-0.2, 0) is 6.42 Å². The van der Waals surface area contributed by atoms with Crippen LogP contribution in [0.15, 0.2) is 23.7 Å². The van der Waals surface area contributed by atoms with Crippen LogP contribution in [-0.4, -0.2) is 21.9 Å². The Morgan fingerprint density at radius 3 is 2.94 bits per heavy atom. The number of hydrogen-bond donors (Lipinski definition) is 1. The molecule has 0 aliphatic carbocycles. The summed E-state index contributed by atoms with van der Waals surface area (Å²) in [6.07, 6.45) is 2.21. The zero-order chi connectivity index (χ0) is 12.3. The molecular formula is C10H10N4O2S. The monoisotopic (exact) mass is 250 g/mol. The normalized spacial score (nSPS) is 10.2. The minimum Gasteiger partial charge on any atom is -0.373 e. The van der Waals surface area contributed by atoms with Crippen molar-refractivity contribution < 1.29 is 4.92 Å². The van der Waals surface area contributed by atoms with Gasteiger partial charge in [0.1, 0.15) is 5.82 Å². The molecule has 2 rings (SSSR count). The molecular weight excluding hydrogens is 240 g/mol. The largest absolute Gasteiger partial charge is 0.373 e. The van der Waals surface area contributed by atoms with Gasteiger partial charge in [-0.05, 0) is 0 Å². The first kappa shape index (κ1) is 11.5. The van der Waals surface area contributed by atoms with Gasteiger partial charge in [0.25, 0.3) is 5.69 Å². The molecule has 17 heavy (non-hydrogen) atoms. The molecule has 0 spiro atoms. The van der Waals surface area contributed by atoms with Gasteiger partial charge in [-0.2, -0.15) is 0 Å². The maximum Gasteiger partial charge on any atom is 0.274 e. The molecule has 0 saturated carbocycles. The van der Waals surface area contributed by atoms with Crippen LogP contribution in [0.3, 0.4) is 0 Å². The molecule has 2 heterocycles. The summed E-state index contributed by atoms with van der Waals surface area (Å²) >= 11 is 1.50. The van der Waals surface area contributed by atoms with E-state index in [9.17, 15) is 10.1 Å². The molecule has 1 N–H and O–H groups in total. The van der Waals surface area contributed by atoms with Gasteiger partial charge in [-0.1, -0.05) is 0 Å². The Balaban J connectivity index is 2.33. The number of rotatable bonds is 4. The van der Waals surface area contributed by atoms with E-state index in [1.54, 1.807) is 13.2 Å². The van der Waals surface area contributed by atoms with Crippen LogP contribution in [0.25, 0.3) is 0 Å². The first-order valence-corrected chi connectivity index (χ1v) is 5.78. The SMILES string of the molecule is CNc1cc([N+](=O)[O-])cc(Cc2nccs2)n1. The van der Waals surface area contributed by atoms with E-state index in [0.29, 0.717) is 17.9 Å². The molecule has 2 aromatic rings. The number of pyridine rings is 1. The summed E-state index contributed by atoms with van der Waals surface area (Å²) in [6.45, 7) is 0. The van der Waals surface area contributed by atoms with Crippen molar-refractivity contribution in [1.29, 1.82) is 0 Å². The van der Waals surface area contributed by atoms with Crippen molar-refractivity contribution in [2.24, 2.45) is 0 Å². The Bertz CT molecular complexity index is 527. The molecule has 0 aliphatic rings. The van der Waals surface area contributed by atoms with E-state index in [-0.39, 0.29) is 5.69 Å². The van der Waals surface area contributed by atoms with E-state index in [2.05, 4.69) is 15.3 Å². The lowest BCUT2D eigenvalue weighted by atomic mass is 10.2. The standard InChI is InChI=1S/C10H10N4O2S/c1-11-9-6-8(14(15)16)4-7(13-9)5-10-12-2-3-17-10/h2-4,6H,5H2,1H3,(H,11,13). The van der Waals surface area contributed by atoms with Crippen LogP contribution in [0.4, 0.5) is 11.5 Å². The minimum absolute atomic E-state index is 0.0379. The molecule has 2 aromatic heterocycles. The fourth-order valence-electron chi connectivity index (χ4n) is 1.39. The fraction of sp³-hybridized carbons (Fsp3) is 0.200. The molecule has 0 amide bonds. The van der Waals surface area contributed by atoms with Gasteiger partial charge in [0.15, 0.2) is 0 Å². The number of nitrogens with one attached hydrogen (secondary N) is 1. The predicted molar refractivity (Wildman–Crippen MR) is 65.4 cm³/mol. The van der Waals surface area contributed by atoms with E-state index >= 15 is 0 Å². The zero-order valence-electron chi connectivity index (χ0n) is 9.08. The van der Waals surface area contributed by atoms with Crippen molar-refractivity contribution >= 4 is 22.8 Å². The van der Waals surface area contributed by atoms with Crippen molar-refractivity contribution in [3.05, 3.63) is 44.5 Å². The summed E-state index contributed by atoms with van der Waals surface area (Å²) in [5.41, 5.74) is 0.675. The molecule has 0 aliphatic heterocycles. The van der Waals surface area contributed by atoms with Crippen LogP contribution in [0.1, 0.15) is 10.7 Å². The second-order valence-corrected chi connectivity index (χ2v) is 4.29. The van der Waals surface area contributed by atoms with Crippen LogP contribution in [0.5, 0.6) is 0 Å². The van der Waals surface area contributed by atoms with Crippen LogP contribution in [0.2, 0.25) is 0 Å². The van der Waals surface area contributed by atoms with E-state index in [1.165, 1.54) is 23.5 Å². The summed E-state index contributed by atoms with van der Waals surface area (Å²) in [4.78, 5) is 18.7. The Morgan fingerprint density at radius 1 is 1.53 bits per heavy atom. The van der Waals surface area contributed by atoms with Gasteiger partial charge in [0.05, 0.1) is 21.7 Å². The van der Waals surface area contributed by atoms with Crippen molar-refractivity contribution in [2.75, 3.05) is 12.4 Å². The van der Waals surface area contributed by atoms with Crippen molar-refractivity contribution in [1.82, 2.24) is 9.97 Å². The molecule has 7 heteroatoms. The number of thiazole rings is 1. The maximum atomic E-state index is 10.8. The molecule has 0 atom stereocenters. The third-order valence-electron chi connectivity index (χ3n) is 2.15. The van der Waals surface area contributed by atoms with Crippen LogP contribution >= 0.6 is 11.3 Å². The smallest absolute Gasteiger partial charge is 0.274 e. The number of hydrogen-bond acceptors (Lipinski definition) is 6. The Labute approximate surface area is 102 Å². The van der Waals surface area contributed by atoms with Gasteiger partial charge in [-0.15, -0.1) is 11.3 Å². The summed E-state index contributed by atoms with van der Waals surface area (Å²) in [6, 6.07) is 2.88. The van der Waals surface area contributed by atoms with Crippen molar-refractivity contribution in [3.8, 4) is 0 Å². The highest BCUT2D eigenvalue weighted by Gasteiger charge is 2.11. The van der Waals surface area contributed by atoms with Gasteiger partial charge >= 0.3 is 0 Å². The number of anilines is 1. The van der Waals surface area contributed by atoms with Gasteiger partial charge < -0.3 is 5.32 Å². The highest BCUT2D eigenvalue weighted by molar-refractivity contribution is 7.09. The molecule has 88 valence electrons. The predicted octanol–water partition coefficient (Wildman–Crippen LogP) is 2.08. The average molecular weight is 250 g/mol. The molecule has 0 radical (unpaired) electrons. The zero-order valence-corrected chi connectivity index (χ0v) is 9.90. The molecule has 0 aromatic carbocycles. The Kier molecular flexibility index (Phi) is 3.29. The van der Waals surface area contributed by atoms with Gasteiger partial charge in [0, 0.05) is 31.1 Å². The highest BCUT2D eigenvalue weighted by atomic mass is 32.1. The molecule has 0 saturated heterocycles. The summed E-state index contributed by atoms with van der Waals surface area (Å²) in [7, 11) is 1.68. The average Bonchev–Trinajstić information content (AvgIpc) is 2.81. The highest BCUT2D eigenvalue weighted by Crippen LogP contribution is 2.19. The fourth-order valence-corrected chi connectivity index (χ4v) is 2.02. The van der Waals surface area contributed by atoms with Gasteiger partial charge in [-0.3, -0.25) is 10.1 Å². The molecule has 6 nitrogen and oxygen atoms in total. The Hall–Kier alpha value is -2.02. The van der Waals surface area contributed by atoms with E-state index < -0.39 is 4.92 Å². The summed E-state index contributed by atoms with van der Waals surface area (Å²) < 4.78 is 0. The second-order valence-electron chi connectivity index (χ2n) is 3.31. The third-order valence-corrected chi connectivity index (χ3v) is 2.93. The quantitative estimate of drug-likeness (QED) is 0.663. The van der Waals surface area contributed by atoms with E-state index in [4.69, 9.17) is 0 Å². The second kappa shape index (κ2) is 4.88. The summed E-state index contributed by atoms with van der Waals surface area (Å²) in [5, 5.41) is 16.3. The summed E-state index contributed by atoms with van der Waals surface area (Å²) in [5.74, 6) is 0.491. The first-order chi connectivity index (χ1) is 8.19. The number of nitrogens with zero attached hydrogens (tertiary/aromatic N) is 3. The molecule has 0 bridgehead atoms. The van der Waals surface area contributed by atoms with E-state index in [1.807, 2.05) is 5.38 Å². The molecule has 0 fully saturated rings. The lowest BCUT2D eigenvalue weighted by molar-refractivity contribution is -0.384. The lowest BCUT2D eigenvalue weighted by Gasteiger charge is -2.03. The first-order valence-electron chi connectivity index (χ1n) is 4.90. The maximum absolute atomic E-state index is 10.8. The number of aromatic nitrogens is 2. The Morgan fingerprint density at radius 2 is 2.35 bits per heavy atom. The van der Waals surface area contributed by atoms with Crippen LogP contribution in [0, 0.1) is 10.1 Å². The van der Waals surface area contributed by atoms with Crippen molar-refractivity contribution in [3.63, 3.8) is 0 Å². The minimum atomic E-state index is -0.423. The topological polar surface area (TPSA) is 81.0 Å². The van der Waals surface area contributed by atoms with Gasteiger partial charge in [-0.25, -0.2) is 9.97 Å². The molecule has 0 unspecified atom stereocenters. The van der Waals surface area contributed by atoms with E-state index in [0.717, 1.165) is 5.01 Å².